The van der Waals surface area contributed by atoms with Crippen molar-refractivity contribution in [3.05, 3.63) is 47.8 Å². The molecule has 0 radical (unpaired) electrons. The van der Waals surface area contributed by atoms with E-state index in [0.29, 0.717) is 44.2 Å². The maximum atomic E-state index is 13.8. The van der Waals surface area contributed by atoms with E-state index in [-0.39, 0.29) is 23.4 Å². The Bertz CT molecular complexity index is 1420. The van der Waals surface area contributed by atoms with Crippen LogP contribution in [0.3, 0.4) is 0 Å². The van der Waals surface area contributed by atoms with Crippen molar-refractivity contribution in [3.63, 3.8) is 0 Å². The topological polar surface area (TPSA) is 130 Å². The number of nitriles is 1. The third-order valence-corrected chi connectivity index (χ3v) is 7.30. The summed E-state index contributed by atoms with van der Waals surface area (Å²) in [4.78, 5) is 16.4. The molecule has 0 aliphatic carbocycles. The highest BCUT2D eigenvalue weighted by Crippen LogP contribution is 2.36. The maximum Gasteiger partial charge on any atom is 0.420 e. The largest absolute Gasteiger partial charge is 0.420 e. The van der Waals surface area contributed by atoms with Crippen LogP contribution in [0.4, 0.5) is 19.1 Å². The predicted molar refractivity (Wildman–Crippen MR) is 129 cm³/mol. The molecular weight excluding hydrogens is 509 g/mol. The van der Waals surface area contributed by atoms with Crippen LogP contribution < -0.4 is 5.32 Å². The zero-order valence-corrected chi connectivity index (χ0v) is 21.0. The van der Waals surface area contributed by atoms with Crippen molar-refractivity contribution in [2.24, 2.45) is 0 Å². The Balaban J connectivity index is 1.63. The van der Waals surface area contributed by atoms with Crippen molar-refractivity contribution in [2.45, 2.75) is 44.8 Å². The zero-order valence-electron chi connectivity index (χ0n) is 20.2. The van der Waals surface area contributed by atoms with E-state index in [1.807, 2.05) is 13.0 Å². The van der Waals surface area contributed by atoms with Crippen LogP contribution in [0.25, 0.3) is 17.1 Å². The van der Waals surface area contributed by atoms with Crippen molar-refractivity contribution in [1.82, 2.24) is 28.8 Å². The Hall–Kier alpha value is -3.57. The van der Waals surface area contributed by atoms with Crippen molar-refractivity contribution < 1.29 is 21.6 Å². The molecule has 10 nitrogen and oxygen atoms in total. The lowest BCUT2D eigenvalue weighted by Crippen LogP contribution is -2.42. The van der Waals surface area contributed by atoms with Gasteiger partial charge in [-0.15, -0.1) is 0 Å². The summed E-state index contributed by atoms with van der Waals surface area (Å²) in [6, 6.07) is 5.27. The second kappa shape index (κ2) is 10.4. The van der Waals surface area contributed by atoms with Gasteiger partial charge in [-0.1, -0.05) is 13.3 Å². The minimum Gasteiger partial charge on any atom is -0.351 e. The normalized spacial score (nSPS) is 15.5. The van der Waals surface area contributed by atoms with E-state index in [9.17, 15) is 26.9 Å². The molecule has 4 heterocycles. The van der Waals surface area contributed by atoms with E-state index < -0.39 is 27.5 Å². The molecule has 0 amide bonds. The first-order valence-corrected chi connectivity index (χ1v) is 13.4. The molecule has 3 aromatic heterocycles. The standard InChI is InChI=1S/C23H25F3N8O2S/c1-3-4-15-5-6-20(18(11-27)30-15)33-13-19(29-14-33)21-17(23(24,25)26)12-28-22(32-21)31-16-7-9-34(10-8-16)37(2,35)36/h5-6,12-14,16H,3-4,7-10H2,1-2H3,(H,28,31,32). The molecule has 4 rings (SSSR count). The second-order valence-corrected chi connectivity index (χ2v) is 10.7. The number of alkyl halides is 3. The summed E-state index contributed by atoms with van der Waals surface area (Å²) in [5, 5.41) is 12.6. The molecule has 1 aliphatic heterocycles. The molecule has 1 aliphatic rings. The summed E-state index contributed by atoms with van der Waals surface area (Å²) < 4.78 is 67.6. The van der Waals surface area contributed by atoms with Gasteiger partial charge in [0.15, 0.2) is 5.69 Å². The molecule has 37 heavy (non-hydrogen) atoms. The van der Waals surface area contributed by atoms with Crippen LogP contribution in [-0.4, -0.2) is 62.6 Å². The van der Waals surface area contributed by atoms with Gasteiger partial charge in [0.25, 0.3) is 0 Å². The molecule has 0 unspecified atom stereocenters. The molecule has 0 atom stereocenters. The molecule has 1 saturated heterocycles. The van der Waals surface area contributed by atoms with Gasteiger partial charge in [0.05, 0.1) is 11.9 Å². The van der Waals surface area contributed by atoms with E-state index in [4.69, 9.17) is 0 Å². The summed E-state index contributed by atoms with van der Waals surface area (Å²) in [6.45, 7) is 2.58. The molecule has 196 valence electrons. The quantitative estimate of drug-likeness (QED) is 0.488. The van der Waals surface area contributed by atoms with Gasteiger partial charge >= 0.3 is 6.18 Å². The SMILES string of the molecule is CCCc1ccc(-n2cnc(-c3nc(NC4CCN(S(C)(=O)=O)CC4)ncc3C(F)(F)F)c2)c(C#N)n1. The van der Waals surface area contributed by atoms with Crippen molar-refractivity contribution in [1.29, 1.82) is 5.26 Å². The number of sulfonamides is 1. The number of hydrogen-bond donors (Lipinski definition) is 1. The summed E-state index contributed by atoms with van der Waals surface area (Å²) in [5.74, 6) is -0.0151. The van der Waals surface area contributed by atoms with Gasteiger partial charge < -0.3 is 9.88 Å². The lowest BCUT2D eigenvalue weighted by molar-refractivity contribution is -0.137. The third kappa shape index (κ3) is 6.05. The number of hydrogen-bond acceptors (Lipinski definition) is 8. The van der Waals surface area contributed by atoms with E-state index in [1.165, 1.54) is 21.4 Å². The van der Waals surface area contributed by atoms with Crippen LogP contribution in [-0.2, 0) is 22.6 Å². The van der Waals surface area contributed by atoms with Gasteiger partial charge in [-0.25, -0.2) is 32.7 Å². The van der Waals surface area contributed by atoms with Gasteiger partial charge in [0.1, 0.15) is 29.3 Å². The predicted octanol–water partition coefficient (Wildman–Crippen LogP) is 3.40. The molecule has 0 aromatic carbocycles. The smallest absolute Gasteiger partial charge is 0.351 e. The number of nitrogens with one attached hydrogen (secondary N) is 1. The fourth-order valence-corrected chi connectivity index (χ4v) is 5.00. The monoisotopic (exact) mass is 534 g/mol. The van der Waals surface area contributed by atoms with E-state index >= 15 is 0 Å². The van der Waals surface area contributed by atoms with E-state index in [0.717, 1.165) is 18.4 Å². The second-order valence-electron chi connectivity index (χ2n) is 8.73. The number of halogens is 3. The van der Waals surface area contributed by atoms with Crippen molar-refractivity contribution in [3.8, 4) is 23.1 Å². The highest BCUT2D eigenvalue weighted by Gasteiger charge is 2.36. The minimum absolute atomic E-state index is 0.0151. The summed E-state index contributed by atoms with van der Waals surface area (Å²) >= 11 is 0. The van der Waals surface area contributed by atoms with Crippen LogP contribution >= 0.6 is 0 Å². The molecule has 1 N–H and O–H groups in total. The number of piperidine rings is 1. The van der Waals surface area contributed by atoms with Gasteiger partial charge in [0.2, 0.25) is 16.0 Å². The highest BCUT2D eigenvalue weighted by molar-refractivity contribution is 7.88. The average Bonchev–Trinajstić information content (AvgIpc) is 3.33. The molecule has 0 spiro atoms. The summed E-state index contributed by atoms with van der Waals surface area (Å²) in [5.41, 5.74) is -0.239. The number of pyridine rings is 1. The molecule has 1 fully saturated rings. The Morgan fingerprint density at radius 3 is 2.54 bits per heavy atom. The first-order valence-electron chi connectivity index (χ1n) is 11.6. The molecular formula is C23H25F3N8O2S. The minimum atomic E-state index is -4.72. The number of anilines is 1. The Kier molecular flexibility index (Phi) is 7.47. The Morgan fingerprint density at radius 1 is 1.19 bits per heavy atom. The first kappa shape index (κ1) is 26.5. The zero-order chi connectivity index (χ0) is 26.8. The first-order chi connectivity index (χ1) is 17.5. The lowest BCUT2D eigenvalue weighted by atomic mass is 10.1. The van der Waals surface area contributed by atoms with Gasteiger partial charge in [-0.3, -0.25) is 0 Å². The van der Waals surface area contributed by atoms with E-state index in [2.05, 4.69) is 25.3 Å². The van der Waals surface area contributed by atoms with Crippen molar-refractivity contribution >= 4 is 16.0 Å². The molecule has 3 aromatic rings. The molecule has 0 saturated carbocycles. The van der Waals surface area contributed by atoms with Gasteiger partial charge in [-0.05, 0) is 31.4 Å². The van der Waals surface area contributed by atoms with Crippen molar-refractivity contribution in [2.75, 3.05) is 24.7 Å². The fraction of sp³-hybridized carbons (Fsp3) is 0.435. The average molecular weight is 535 g/mol. The Labute approximate surface area is 212 Å². The maximum absolute atomic E-state index is 13.8. The molecule has 14 heteroatoms. The number of imidazole rings is 1. The fourth-order valence-electron chi connectivity index (χ4n) is 4.12. The number of nitrogens with zero attached hydrogens (tertiary/aromatic N) is 7. The lowest BCUT2D eigenvalue weighted by Gasteiger charge is -2.30. The number of aromatic nitrogens is 5. The van der Waals surface area contributed by atoms with E-state index in [1.54, 1.807) is 12.1 Å². The van der Waals surface area contributed by atoms with Crippen LogP contribution in [0.5, 0.6) is 0 Å². The van der Waals surface area contributed by atoms with Crippen LogP contribution in [0.1, 0.15) is 43.1 Å². The molecule has 0 bridgehead atoms. The highest BCUT2D eigenvalue weighted by atomic mass is 32.2. The Morgan fingerprint density at radius 2 is 1.92 bits per heavy atom. The van der Waals surface area contributed by atoms with Gasteiger partial charge in [0, 0.05) is 37.2 Å². The summed E-state index contributed by atoms with van der Waals surface area (Å²) in [6.07, 6.45) is 2.26. The summed E-state index contributed by atoms with van der Waals surface area (Å²) in [7, 11) is -3.30. The van der Waals surface area contributed by atoms with Crippen LogP contribution in [0, 0.1) is 11.3 Å². The number of aryl methyl sites for hydroxylation is 1. The number of rotatable bonds is 7. The third-order valence-electron chi connectivity index (χ3n) is 6.00. The van der Waals surface area contributed by atoms with Crippen LogP contribution in [0.2, 0.25) is 0 Å². The van der Waals surface area contributed by atoms with Gasteiger partial charge in [-0.2, -0.15) is 18.4 Å². The van der Waals surface area contributed by atoms with Crippen LogP contribution in [0.15, 0.2) is 30.9 Å².